The maximum absolute atomic E-state index is 13.0. The Labute approximate surface area is 146 Å². The van der Waals surface area contributed by atoms with Gasteiger partial charge in [0, 0.05) is 11.8 Å². The number of alkyl halides is 3. The highest BCUT2D eigenvalue weighted by Gasteiger charge is 2.32. The first-order valence-corrected chi connectivity index (χ1v) is 7.86. The molecule has 0 N–H and O–H groups in total. The summed E-state index contributed by atoms with van der Waals surface area (Å²) in [6.45, 7) is 0.131. The maximum Gasteiger partial charge on any atom is 0.417 e. The van der Waals surface area contributed by atoms with Gasteiger partial charge >= 0.3 is 6.18 Å². The van der Waals surface area contributed by atoms with Crippen LogP contribution in [0.25, 0.3) is 16.9 Å². The monoisotopic (exact) mass is 418 g/mol. The minimum Gasteiger partial charge on any atom is -0.454 e. The van der Waals surface area contributed by atoms with E-state index in [0.29, 0.717) is 27.4 Å². The highest BCUT2D eigenvalue weighted by molar-refractivity contribution is 9.10. The molecule has 4 nitrogen and oxygen atoms in total. The second-order valence-electron chi connectivity index (χ2n) is 5.09. The van der Waals surface area contributed by atoms with Crippen molar-refractivity contribution in [2.24, 2.45) is 0 Å². The SMILES string of the molecule is FC(F)(F)c1cc(Cl)c2nc(-c3ccc4c(c3)OCO4)c(Br)n2c1. The quantitative estimate of drug-likeness (QED) is 0.546. The van der Waals surface area contributed by atoms with E-state index < -0.39 is 11.7 Å². The number of imidazole rings is 1. The Hall–Kier alpha value is -1.93. The van der Waals surface area contributed by atoms with Gasteiger partial charge in [0.05, 0.1) is 10.6 Å². The van der Waals surface area contributed by atoms with Crippen molar-refractivity contribution in [2.75, 3.05) is 6.79 Å². The van der Waals surface area contributed by atoms with Gasteiger partial charge < -0.3 is 9.47 Å². The fourth-order valence-electron chi connectivity index (χ4n) is 2.46. The van der Waals surface area contributed by atoms with Gasteiger partial charge in [-0.3, -0.25) is 4.40 Å². The molecule has 0 bridgehead atoms. The van der Waals surface area contributed by atoms with Crippen LogP contribution in [0, 0.1) is 0 Å². The molecule has 24 heavy (non-hydrogen) atoms. The Balaban J connectivity index is 1.91. The van der Waals surface area contributed by atoms with Crippen LogP contribution in [-0.4, -0.2) is 16.2 Å². The average Bonchev–Trinajstić information content (AvgIpc) is 3.11. The number of hydrogen-bond acceptors (Lipinski definition) is 3. The molecule has 1 aromatic carbocycles. The van der Waals surface area contributed by atoms with Crippen LogP contribution in [0.15, 0.2) is 35.1 Å². The lowest BCUT2D eigenvalue weighted by atomic mass is 10.1. The van der Waals surface area contributed by atoms with E-state index in [1.165, 1.54) is 4.40 Å². The summed E-state index contributed by atoms with van der Waals surface area (Å²) in [6, 6.07) is 6.04. The second kappa shape index (κ2) is 5.29. The lowest BCUT2D eigenvalue weighted by Gasteiger charge is -2.08. The number of aromatic nitrogens is 2. The van der Waals surface area contributed by atoms with Crippen molar-refractivity contribution in [1.29, 1.82) is 0 Å². The lowest BCUT2D eigenvalue weighted by Crippen LogP contribution is -2.06. The summed E-state index contributed by atoms with van der Waals surface area (Å²) in [5, 5.41) is -0.0856. The van der Waals surface area contributed by atoms with Crippen LogP contribution >= 0.6 is 27.5 Å². The Morgan fingerprint density at radius 2 is 1.92 bits per heavy atom. The molecule has 9 heteroatoms. The zero-order valence-electron chi connectivity index (χ0n) is 11.7. The van der Waals surface area contributed by atoms with Crippen LogP contribution in [0.4, 0.5) is 13.2 Å². The van der Waals surface area contributed by atoms with Crippen molar-refractivity contribution in [3.63, 3.8) is 0 Å². The molecule has 3 aromatic rings. The van der Waals surface area contributed by atoms with Crippen molar-refractivity contribution in [3.05, 3.63) is 45.7 Å². The zero-order chi connectivity index (χ0) is 17.1. The smallest absolute Gasteiger partial charge is 0.417 e. The summed E-state index contributed by atoms with van der Waals surface area (Å²) in [4.78, 5) is 4.35. The molecule has 0 atom stereocenters. The number of hydrogen-bond donors (Lipinski definition) is 0. The number of halogens is 5. The topological polar surface area (TPSA) is 35.8 Å². The number of benzene rings is 1. The molecule has 0 spiro atoms. The fraction of sp³-hybridized carbons (Fsp3) is 0.133. The first kappa shape index (κ1) is 15.6. The minimum atomic E-state index is -4.50. The van der Waals surface area contributed by atoms with Crippen molar-refractivity contribution >= 4 is 33.2 Å². The molecule has 4 rings (SSSR count). The molecule has 124 valence electrons. The predicted molar refractivity (Wildman–Crippen MR) is 84.5 cm³/mol. The third-order valence-corrected chi connectivity index (χ3v) is 4.63. The van der Waals surface area contributed by atoms with E-state index in [0.717, 1.165) is 12.3 Å². The first-order chi connectivity index (χ1) is 11.3. The molecule has 1 aliphatic heterocycles. The van der Waals surface area contributed by atoms with Gasteiger partial charge in [-0.15, -0.1) is 0 Å². The highest BCUT2D eigenvalue weighted by atomic mass is 79.9. The molecule has 0 unspecified atom stereocenters. The summed E-state index contributed by atoms with van der Waals surface area (Å²) < 4.78 is 51.1. The van der Waals surface area contributed by atoms with E-state index >= 15 is 0 Å². The highest BCUT2D eigenvalue weighted by Crippen LogP contribution is 2.40. The zero-order valence-corrected chi connectivity index (χ0v) is 14.0. The predicted octanol–water partition coefficient (Wildman–Crippen LogP) is 5.16. The van der Waals surface area contributed by atoms with Gasteiger partial charge in [-0.25, -0.2) is 4.98 Å². The summed E-state index contributed by atoms with van der Waals surface area (Å²) in [5.41, 5.74) is 0.494. The van der Waals surface area contributed by atoms with Gasteiger partial charge in [0.15, 0.2) is 17.1 Å². The van der Waals surface area contributed by atoms with E-state index in [-0.39, 0.29) is 17.5 Å². The number of nitrogens with zero attached hydrogens (tertiary/aromatic N) is 2. The van der Waals surface area contributed by atoms with E-state index in [1.807, 2.05) is 0 Å². The van der Waals surface area contributed by atoms with Gasteiger partial charge in [0.25, 0.3) is 0 Å². The summed E-state index contributed by atoms with van der Waals surface area (Å²) in [5.74, 6) is 1.16. The second-order valence-corrected chi connectivity index (χ2v) is 6.25. The molecule has 0 saturated carbocycles. The lowest BCUT2D eigenvalue weighted by molar-refractivity contribution is -0.137. The molecule has 0 aliphatic carbocycles. The van der Waals surface area contributed by atoms with Crippen LogP contribution in [0.1, 0.15) is 5.56 Å². The third kappa shape index (κ3) is 2.41. The van der Waals surface area contributed by atoms with Gasteiger partial charge in [-0.05, 0) is 40.2 Å². The van der Waals surface area contributed by atoms with E-state index in [1.54, 1.807) is 18.2 Å². The van der Waals surface area contributed by atoms with Crippen molar-refractivity contribution in [1.82, 2.24) is 9.38 Å². The summed E-state index contributed by atoms with van der Waals surface area (Å²) >= 11 is 9.29. The minimum absolute atomic E-state index is 0.0856. The normalized spacial score (nSPS) is 13.7. The van der Waals surface area contributed by atoms with Gasteiger partial charge in [0.2, 0.25) is 6.79 Å². The Morgan fingerprint density at radius 3 is 2.67 bits per heavy atom. The van der Waals surface area contributed by atoms with Crippen LogP contribution in [-0.2, 0) is 6.18 Å². The Kier molecular flexibility index (Phi) is 3.43. The van der Waals surface area contributed by atoms with E-state index in [2.05, 4.69) is 20.9 Å². The largest absolute Gasteiger partial charge is 0.454 e. The van der Waals surface area contributed by atoms with Gasteiger partial charge in [-0.2, -0.15) is 13.2 Å². The van der Waals surface area contributed by atoms with Crippen LogP contribution in [0.2, 0.25) is 5.02 Å². The van der Waals surface area contributed by atoms with Crippen LogP contribution in [0.5, 0.6) is 11.5 Å². The Morgan fingerprint density at radius 1 is 1.17 bits per heavy atom. The van der Waals surface area contributed by atoms with Crippen molar-refractivity contribution in [2.45, 2.75) is 6.18 Å². The number of ether oxygens (including phenoxy) is 2. The third-order valence-electron chi connectivity index (χ3n) is 3.59. The number of pyridine rings is 1. The molecule has 1 aliphatic rings. The van der Waals surface area contributed by atoms with Gasteiger partial charge in [-0.1, -0.05) is 11.6 Å². The Bertz CT molecular complexity index is 971. The van der Waals surface area contributed by atoms with E-state index in [4.69, 9.17) is 21.1 Å². The first-order valence-electron chi connectivity index (χ1n) is 6.69. The molecule has 0 fully saturated rings. The molecular weight excluding hydrogens is 413 g/mol. The van der Waals surface area contributed by atoms with Crippen molar-refractivity contribution < 1.29 is 22.6 Å². The van der Waals surface area contributed by atoms with Crippen molar-refractivity contribution in [3.8, 4) is 22.8 Å². The molecular formula is C15H7BrClF3N2O2. The summed E-state index contributed by atoms with van der Waals surface area (Å²) in [6.07, 6.45) is -3.55. The van der Waals surface area contributed by atoms with Crippen LogP contribution < -0.4 is 9.47 Å². The van der Waals surface area contributed by atoms with Gasteiger partial charge in [0.1, 0.15) is 10.3 Å². The fourth-order valence-corrected chi connectivity index (χ4v) is 3.30. The molecule has 0 amide bonds. The van der Waals surface area contributed by atoms with E-state index in [9.17, 15) is 13.2 Å². The number of rotatable bonds is 1. The molecule has 0 radical (unpaired) electrons. The maximum atomic E-state index is 13.0. The average molecular weight is 420 g/mol. The number of fused-ring (bicyclic) bond motifs is 2. The molecule has 3 heterocycles. The standard InChI is InChI=1S/C15H7BrClF3N2O2/c16-13-12(7-1-2-10-11(3-7)24-6-23-10)21-14-9(17)4-8(5-22(13)14)15(18,19)20/h1-5H,6H2. The molecule has 2 aromatic heterocycles. The summed E-state index contributed by atoms with van der Waals surface area (Å²) in [7, 11) is 0. The van der Waals surface area contributed by atoms with Crippen LogP contribution in [0.3, 0.4) is 0 Å². The molecule has 0 saturated heterocycles.